The normalized spacial score (nSPS) is 12.4. The number of carbonyl (C=O) groups excluding carboxylic acids is 1. The molecule has 0 aromatic heterocycles. The van der Waals surface area contributed by atoms with Crippen molar-refractivity contribution in [2.24, 2.45) is 0 Å². The molecule has 0 fully saturated rings. The Kier molecular flexibility index (Phi) is 25.6. The third kappa shape index (κ3) is 20.3. The summed E-state index contributed by atoms with van der Waals surface area (Å²) in [5.41, 5.74) is 4.75. The van der Waals surface area contributed by atoms with Crippen molar-refractivity contribution in [1.29, 1.82) is 0 Å². The van der Waals surface area contributed by atoms with E-state index in [9.17, 15) is 13.2 Å². The zero-order valence-electron chi connectivity index (χ0n) is 34.4. The fraction of sp³-hybridized carbons (Fsp3) is 0.558. The standard InChI is InChI=1S/C43H61NO15S/c45-43(58-36-42-40-12-6-4-10-38(40)39-11-5-7-13-41(39)42)44-14-15-48-16-17-49-18-19-50-20-21-51-22-23-52-24-25-53-26-27-54-28-29-55-30-31-56-32-33-57-34-35-59-60(46,47)37-8-2-1-3-9-37/h1-13,42H,14-36H2,(H,44,45). The highest BCUT2D eigenvalue weighted by Crippen LogP contribution is 2.44. The minimum absolute atomic E-state index is 0.0291. The fourth-order valence-corrected chi connectivity index (χ4v) is 6.73. The second kappa shape index (κ2) is 31.3. The molecule has 3 aromatic rings. The summed E-state index contributed by atoms with van der Waals surface area (Å²) in [5.74, 6) is 0.0291. The predicted octanol–water partition coefficient (Wildman–Crippen LogP) is 4.10. The lowest BCUT2D eigenvalue weighted by molar-refractivity contribution is -0.0266. The van der Waals surface area contributed by atoms with E-state index in [1.165, 1.54) is 34.4 Å². The quantitative estimate of drug-likeness (QED) is 0.0648. The van der Waals surface area contributed by atoms with Crippen molar-refractivity contribution in [2.75, 3.05) is 152 Å². The first-order chi connectivity index (χ1) is 29.6. The molecular weight excluding hydrogens is 803 g/mol. The van der Waals surface area contributed by atoms with Gasteiger partial charge in [-0.05, 0) is 34.4 Å². The summed E-state index contributed by atoms with van der Waals surface area (Å²) < 4.78 is 89.2. The monoisotopic (exact) mass is 863 g/mol. The molecule has 0 spiro atoms. The summed E-state index contributed by atoms with van der Waals surface area (Å²) in [6.45, 7) is 8.95. The van der Waals surface area contributed by atoms with Gasteiger partial charge >= 0.3 is 6.09 Å². The van der Waals surface area contributed by atoms with Crippen LogP contribution < -0.4 is 5.32 Å². The molecule has 0 aliphatic heterocycles. The van der Waals surface area contributed by atoms with Crippen molar-refractivity contribution >= 4 is 16.2 Å². The first-order valence-corrected chi connectivity index (χ1v) is 21.8. The molecule has 16 nitrogen and oxygen atoms in total. The molecule has 1 amide bonds. The largest absolute Gasteiger partial charge is 0.449 e. The Hall–Kier alpha value is -3.56. The summed E-state index contributed by atoms with van der Waals surface area (Å²) >= 11 is 0. The predicted molar refractivity (Wildman–Crippen MR) is 221 cm³/mol. The van der Waals surface area contributed by atoms with Gasteiger partial charge in [-0.15, -0.1) is 0 Å². The van der Waals surface area contributed by atoms with Gasteiger partial charge in [-0.3, -0.25) is 4.18 Å². The van der Waals surface area contributed by atoms with Crippen LogP contribution in [0.3, 0.4) is 0 Å². The maximum Gasteiger partial charge on any atom is 0.407 e. The van der Waals surface area contributed by atoms with E-state index in [1.54, 1.807) is 18.2 Å². The highest BCUT2D eigenvalue weighted by Gasteiger charge is 2.29. The molecule has 0 bridgehead atoms. The Morgan fingerprint density at radius 3 is 1.17 bits per heavy atom. The highest BCUT2D eigenvalue weighted by atomic mass is 32.2. The van der Waals surface area contributed by atoms with Gasteiger partial charge in [0.05, 0.1) is 144 Å². The minimum Gasteiger partial charge on any atom is -0.449 e. The molecule has 1 N–H and O–H groups in total. The number of carbonyl (C=O) groups is 1. The SMILES string of the molecule is O=C(NCCOCCOCCOCCOCCOCCOCCOCCOCCOCCOCCOS(=O)(=O)c1ccccc1)OCC1c2ccccc2-c2ccccc21. The van der Waals surface area contributed by atoms with Crippen LogP contribution in [-0.2, 0) is 66.4 Å². The second-order valence-electron chi connectivity index (χ2n) is 13.0. The van der Waals surface area contributed by atoms with Crippen molar-refractivity contribution in [3.63, 3.8) is 0 Å². The number of ether oxygens (including phenoxy) is 11. The summed E-state index contributed by atoms with van der Waals surface area (Å²) in [6.07, 6.45) is -0.460. The van der Waals surface area contributed by atoms with Crippen LogP contribution in [0.2, 0.25) is 0 Å². The Balaban J connectivity index is 0.779. The van der Waals surface area contributed by atoms with Crippen LogP contribution in [0.1, 0.15) is 17.0 Å². The first kappa shape index (κ1) is 49.1. The molecule has 0 atom stereocenters. The van der Waals surface area contributed by atoms with Gasteiger partial charge in [-0.2, -0.15) is 8.42 Å². The van der Waals surface area contributed by atoms with E-state index in [1.807, 2.05) is 24.3 Å². The second-order valence-corrected chi connectivity index (χ2v) is 14.6. The average molecular weight is 864 g/mol. The van der Waals surface area contributed by atoms with Crippen molar-refractivity contribution in [2.45, 2.75) is 10.8 Å². The van der Waals surface area contributed by atoms with Crippen LogP contribution >= 0.6 is 0 Å². The van der Waals surface area contributed by atoms with Crippen molar-refractivity contribution in [3.05, 3.63) is 90.0 Å². The molecule has 0 saturated carbocycles. The molecule has 334 valence electrons. The highest BCUT2D eigenvalue weighted by molar-refractivity contribution is 7.86. The summed E-state index contributed by atoms with van der Waals surface area (Å²) in [7, 11) is -3.77. The number of fused-ring (bicyclic) bond motifs is 3. The summed E-state index contributed by atoms with van der Waals surface area (Å²) in [6, 6.07) is 24.4. The van der Waals surface area contributed by atoms with Crippen LogP contribution in [0.5, 0.6) is 0 Å². The maximum atomic E-state index is 12.3. The number of amides is 1. The summed E-state index contributed by atoms with van der Waals surface area (Å²) in [5, 5.41) is 2.74. The van der Waals surface area contributed by atoms with Crippen LogP contribution in [-0.4, -0.2) is 166 Å². The van der Waals surface area contributed by atoms with Gasteiger partial charge in [0.2, 0.25) is 0 Å². The number of hydrogen-bond donors (Lipinski definition) is 1. The van der Waals surface area contributed by atoms with Crippen molar-refractivity contribution < 1.29 is 69.5 Å². The summed E-state index contributed by atoms with van der Waals surface area (Å²) in [4.78, 5) is 12.4. The van der Waals surface area contributed by atoms with E-state index < -0.39 is 16.2 Å². The molecule has 1 aliphatic rings. The third-order valence-electron chi connectivity index (χ3n) is 8.71. The number of nitrogens with one attached hydrogen (secondary N) is 1. The van der Waals surface area contributed by atoms with E-state index in [0.29, 0.717) is 132 Å². The van der Waals surface area contributed by atoms with Gasteiger partial charge < -0.3 is 57.4 Å². The van der Waals surface area contributed by atoms with E-state index >= 15 is 0 Å². The van der Waals surface area contributed by atoms with Crippen LogP contribution in [0.4, 0.5) is 4.79 Å². The zero-order chi connectivity index (χ0) is 42.2. The van der Waals surface area contributed by atoms with E-state index in [4.69, 9.17) is 56.3 Å². The molecule has 0 unspecified atom stereocenters. The Bertz CT molecular complexity index is 1620. The van der Waals surface area contributed by atoms with E-state index in [2.05, 4.69) is 29.6 Å². The molecule has 0 saturated heterocycles. The lowest BCUT2D eigenvalue weighted by Gasteiger charge is -2.14. The molecule has 1 aliphatic carbocycles. The Morgan fingerprint density at radius 1 is 0.433 bits per heavy atom. The maximum absolute atomic E-state index is 12.3. The Morgan fingerprint density at radius 2 is 0.767 bits per heavy atom. The topological polar surface area (TPSA) is 174 Å². The van der Waals surface area contributed by atoms with Crippen molar-refractivity contribution in [3.8, 4) is 11.1 Å². The number of rotatable bonds is 37. The van der Waals surface area contributed by atoms with Crippen LogP contribution in [0, 0.1) is 0 Å². The Labute approximate surface area is 354 Å². The van der Waals surface area contributed by atoms with Gasteiger partial charge in [0, 0.05) is 12.5 Å². The van der Waals surface area contributed by atoms with Gasteiger partial charge in [0.15, 0.2) is 0 Å². The fourth-order valence-electron chi connectivity index (χ4n) is 5.81. The number of hydrogen-bond acceptors (Lipinski definition) is 15. The zero-order valence-corrected chi connectivity index (χ0v) is 35.2. The molecular formula is C43H61NO15S. The first-order valence-electron chi connectivity index (χ1n) is 20.4. The van der Waals surface area contributed by atoms with Gasteiger partial charge in [-0.1, -0.05) is 66.7 Å². The van der Waals surface area contributed by atoms with Gasteiger partial charge in [0.1, 0.15) is 6.61 Å². The van der Waals surface area contributed by atoms with E-state index in [0.717, 1.165) is 0 Å². The number of alkyl carbamates (subject to hydrolysis) is 1. The van der Waals surface area contributed by atoms with E-state index in [-0.39, 0.29) is 30.6 Å². The molecule has 3 aromatic carbocycles. The average Bonchev–Trinajstić information content (AvgIpc) is 3.59. The van der Waals surface area contributed by atoms with Gasteiger partial charge in [0.25, 0.3) is 10.1 Å². The molecule has 17 heteroatoms. The smallest absolute Gasteiger partial charge is 0.407 e. The third-order valence-corrected chi connectivity index (χ3v) is 10.0. The molecule has 4 rings (SSSR count). The lowest BCUT2D eigenvalue weighted by Crippen LogP contribution is -2.29. The lowest BCUT2D eigenvalue weighted by atomic mass is 9.98. The van der Waals surface area contributed by atoms with Gasteiger partial charge in [-0.25, -0.2) is 4.79 Å². The molecule has 60 heavy (non-hydrogen) atoms. The number of benzene rings is 3. The molecule has 0 radical (unpaired) electrons. The molecule has 0 heterocycles. The van der Waals surface area contributed by atoms with Crippen LogP contribution in [0.25, 0.3) is 11.1 Å². The van der Waals surface area contributed by atoms with Crippen LogP contribution in [0.15, 0.2) is 83.8 Å². The minimum atomic E-state index is -3.77. The van der Waals surface area contributed by atoms with Crippen molar-refractivity contribution in [1.82, 2.24) is 5.32 Å².